The van der Waals surface area contributed by atoms with Crippen LogP contribution in [0.25, 0.3) is 0 Å². The van der Waals surface area contributed by atoms with Gasteiger partial charge in [-0.05, 0) is 48.4 Å². The van der Waals surface area contributed by atoms with Crippen LogP contribution < -0.4 is 5.32 Å². The molecule has 4 rings (SSSR count). The highest BCUT2D eigenvalue weighted by Crippen LogP contribution is 2.36. The largest absolute Gasteiger partial charge is 0.478 e. The fourth-order valence-corrected chi connectivity index (χ4v) is 5.18. The summed E-state index contributed by atoms with van der Waals surface area (Å²) in [6.45, 7) is 3.04. The normalized spacial score (nSPS) is 22.7. The van der Waals surface area contributed by atoms with Crippen LogP contribution >= 0.6 is 0 Å². The topological polar surface area (TPSA) is 86.7 Å². The third-order valence-corrected chi connectivity index (χ3v) is 6.98. The van der Waals surface area contributed by atoms with Gasteiger partial charge in [0, 0.05) is 19.0 Å². The molecule has 32 heavy (non-hydrogen) atoms. The molecule has 1 fully saturated rings. The summed E-state index contributed by atoms with van der Waals surface area (Å²) < 4.78 is 0. The maximum absolute atomic E-state index is 13.6. The first-order chi connectivity index (χ1) is 15.5. The molecule has 168 valence electrons. The number of nitrogens with zero attached hydrogens (tertiary/aromatic N) is 1. The molecule has 1 aliphatic carbocycles. The number of hydrogen-bond donors (Lipinski definition) is 2. The van der Waals surface area contributed by atoms with Crippen molar-refractivity contribution in [1.29, 1.82) is 0 Å². The molecule has 2 N–H and O–H groups in total. The highest BCUT2D eigenvalue weighted by molar-refractivity contribution is 6.04. The third-order valence-electron chi connectivity index (χ3n) is 6.98. The smallest absolute Gasteiger partial charge is 0.336 e. The predicted octanol–water partition coefficient (Wildman–Crippen LogP) is 4.07. The minimum atomic E-state index is -1.14. The van der Waals surface area contributed by atoms with Gasteiger partial charge in [0.25, 0.3) is 5.91 Å². The van der Waals surface area contributed by atoms with E-state index >= 15 is 0 Å². The van der Waals surface area contributed by atoms with Gasteiger partial charge in [-0.1, -0.05) is 56.2 Å². The number of rotatable bonds is 5. The van der Waals surface area contributed by atoms with E-state index < -0.39 is 11.9 Å². The Labute approximate surface area is 188 Å². The second-order valence-corrected chi connectivity index (χ2v) is 8.93. The van der Waals surface area contributed by atoms with Crippen molar-refractivity contribution >= 4 is 17.8 Å². The number of nitrogens with one attached hydrogen (secondary N) is 1. The van der Waals surface area contributed by atoms with E-state index in [0.717, 1.165) is 31.2 Å². The minimum Gasteiger partial charge on any atom is -0.478 e. The highest BCUT2D eigenvalue weighted by Gasteiger charge is 2.37. The molecule has 2 unspecified atom stereocenters. The molecule has 6 heteroatoms. The minimum absolute atomic E-state index is 0.0277. The second kappa shape index (κ2) is 9.55. The van der Waals surface area contributed by atoms with Crippen LogP contribution in [0, 0.1) is 11.8 Å². The summed E-state index contributed by atoms with van der Waals surface area (Å²) in [5.74, 6) is -1.01. The molecule has 2 amide bonds. The van der Waals surface area contributed by atoms with Gasteiger partial charge in [0.2, 0.25) is 5.91 Å². The maximum atomic E-state index is 13.6. The molecule has 3 atom stereocenters. The van der Waals surface area contributed by atoms with Gasteiger partial charge in [0.1, 0.15) is 0 Å². The first-order valence-electron chi connectivity index (χ1n) is 11.5. The summed E-state index contributed by atoms with van der Waals surface area (Å²) in [6, 6.07) is 14.0. The van der Waals surface area contributed by atoms with Crippen molar-refractivity contribution in [2.45, 2.75) is 45.1 Å². The monoisotopic (exact) mass is 434 g/mol. The number of carboxylic acids is 1. The number of carbonyl (C=O) groups is 3. The van der Waals surface area contributed by atoms with Gasteiger partial charge < -0.3 is 15.3 Å². The summed E-state index contributed by atoms with van der Waals surface area (Å²) in [6.07, 6.45) is 5.06. The molecule has 1 aliphatic heterocycles. The first-order valence-corrected chi connectivity index (χ1v) is 11.5. The molecule has 2 aromatic carbocycles. The Balaban J connectivity index is 1.58. The lowest BCUT2D eigenvalue weighted by Gasteiger charge is -2.41. The van der Waals surface area contributed by atoms with Crippen LogP contribution in [0.4, 0.5) is 0 Å². The number of fused-ring (bicyclic) bond motifs is 1. The van der Waals surface area contributed by atoms with Crippen LogP contribution in [-0.4, -0.2) is 40.9 Å². The maximum Gasteiger partial charge on any atom is 0.336 e. The molecular weight excluding hydrogens is 404 g/mol. The lowest BCUT2D eigenvalue weighted by Crippen LogP contribution is -2.48. The summed E-state index contributed by atoms with van der Waals surface area (Å²) >= 11 is 0. The Hall–Kier alpha value is -3.15. The number of carboxylic acid groups (broad SMARTS) is 1. The molecule has 2 aromatic rings. The molecule has 6 nitrogen and oxygen atoms in total. The Morgan fingerprint density at radius 1 is 1.00 bits per heavy atom. The zero-order valence-corrected chi connectivity index (χ0v) is 18.4. The van der Waals surface area contributed by atoms with Gasteiger partial charge in [-0.2, -0.15) is 0 Å². The Kier molecular flexibility index (Phi) is 6.58. The Bertz CT molecular complexity index is 1020. The zero-order chi connectivity index (χ0) is 22.7. The lowest BCUT2D eigenvalue weighted by molar-refractivity contribution is -0.141. The van der Waals surface area contributed by atoms with Crippen molar-refractivity contribution in [2.75, 3.05) is 13.1 Å². The van der Waals surface area contributed by atoms with E-state index in [9.17, 15) is 19.5 Å². The van der Waals surface area contributed by atoms with Crippen LogP contribution in [0.5, 0.6) is 0 Å². The van der Waals surface area contributed by atoms with Crippen molar-refractivity contribution in [3.8, 4) is 0 Å². The SMILES string of the molecule is CC1CCCC[C@H]1C(=O)N1CCc2ccccc2C1CNC(=O)c1ccccc1C(=O)O. The average molecular weight is 435 g/mol. The zero-order valence-electron chi connectivity index (χ0n) is 18.4. The number of benzene rings is 2. The molecule has 0 aromatic heterocycles. The fraction of sp³-hybridized carbons (Fsp3) is 0.423. The van der Waals surface area contributed by atoms with Gasteiger partial charge in [0.05, 0.1) is 17.2 Å². The van der Waals surface area contributed by atoms with Crippen molar-refractivity contribution in [1.82, 2.24) is 10.2 Å². The number of hydrogen-bond acceptors (Lipinski definition) is 3. The summed E-state index contributed by atoms with van der Waals surface area (Å²) in [5, 5.41) is 12.3. The third kappa shape index (κ3) is 4.40. The van der Waals surface area contributed by atoms with Crippen LogP contribution in [-0.2, 0) is 11.2 Å². The van der Waals surface area contributed by atoms with Crippen LogP contribution in [0.1, 0.15) is 70.5 Å². The van der Waals surface area contributed by atoms with Crippen LogP contribution in [0.2, 0.25) is 0 Å². The van der Waals surface area contributed by atoms with E-state index in [1.807, 2.05) is 23.1 Å². The summed E-state index contributed by atoms with van der Waals surface area (Å²) in [4.78, 5) is 39.9. The number of carbonyl (C=O) groups excluding carboxylic acids is 2. The van der Waals surface area contributed by atoms with Crippen LogP contribution in [0.3, 0.4) is 0 Å². The van der Waals surface area contributed by atoms with E-state index in [1.54, 1.807) is 12.1 Å². The van der Waals surface area contributed by atoms with E-state index in [-0.39, 0.29) is 35.5 Å². The van der Waals surface area contributed by atoms with Crippen molar-refractivity contribution < 1.29 is 19.5 Å². The number of aromatic carboxylic acids is 1. The van der Waals surface area contributed by atoms with Crippen molar-refractivity contribution in [3.63, 3.8) is 0 Å². The van der Waals surface area contributed by atoms with Crippen molar-refractivity contribution in [3.05, 3.63) is 70.8 Å². The molecule has 0 bridgehead atoms. The molecule has 0 spiro atoms. The molecule has 0 saturated heterocycles. The predicted molar refractivity (Wildman–Crippen MR) is 121 cm³/mol. The summed E-state index contributed by atoms with van der Waals surface area (Å²) in [7, 11) is 0. The van der Waals surface area contributed by atoms with E-state index in [4.69, 9.17) is 0 Å². The molecule has 1 saturated carbocycles. The van der Waals surface area contributed by atoms with Crippen molar-refractivity contribution in [2.24, 2.45) is 11.8 Å². The molecule has 1 heterocycles. The second-order valence-electron chi connectivity index (χ2n) is 8.93. The Morgan fingerprint density at radius 3 is 2.44 bits per heavy atom. The Morgan fingerprint density at radius 2 is 1.69 bits per heavy atom. The van der Waals surface area contributed by atoms with Gasteiger partial charge in [-0.3, -0.25) is 9.59 Å². The van der Waals surface area contributed by atoms with Gasteiger partial charge >= 0.3 is 5.97 Å². The van der Waals surface area contributed by atoms with Crippen LogP contribution in [0.15, 0.2) is 48.5 Å². The first kappa shape index (κ1) is 22.1. The van der Waals surface area contributed by atoms with Gasteiger partial charge in [-0.25, -0.2) is 4.79 Å². The van der Waals surface area contributed by atoms with E-state index in [2.05, 4.69) is 18.3 Å². The van der Waals surface area contributed by atoms with E-state index in [0.29, 0.717) is 12.5 Å². The number of amides is 2. The van der Waals surface area contributed by atoms with Gasteiger partial charge in [-0.15, -0.1) is 0 Å². The fourth-order valence-electron chi connectivity index (χ4n) is 5.18. The summed E-state index contributed by atoms with van der Waals surface area (Å²) in [5.41, 5.74) is 2.35. The molecule has 0 radical (unpaired) electrons. The standard InChI is InChI=1S/C26H30N2O4/c1-17-8-2-4-10-19(17)25(30)28-15-14-18-9-3-5-11-20(18)23(28)16-27-24(29)21-12-6-7-13-22(21)26(31)32/h3,5-7,9,11-13,17,19,23H,2,4,8,10,14-16H2,1H3,(H,27,29)(H,31,32)/t17?,19-,23?/m1/s1. The van der Waals surface area contributed by atoms with Gasteiger partial charge in [0.15, 0.2) is 0 Å². The van der Waals surface area contributed by atoms with E-state index in [1.165, 1.54) is 24.1 Å². The highest BCUT2D eigenvalue weighted by atomic mass is 16.4. The molecular formula is C26H30N2O4. The quantitative estimate of drug-likeness (QED) is 0.743. The lowest BCUT2D eigenvalue weighted by atomic mass is 9.79. The average Bonchev–Trinajstić information content (AvgIpc) is 2.82. The molecule has 2 aliphatic rings.